The first-order chi connectivity index (χ1) is 6.86. The lowest BCUT2D eigenvalue weighted by Gasteiger charge is -1.99. The number of aryl methyl sites for hydroxylation is 1. The van der Waals surface area contributed by atoms with Crippen LogP contribution in [0.25, 0.3) is 0 Å². The second kappa shape index (κ2) is 6.90. The molecule has 3 nitrogen and oxygen atoms in total. The maximum atomic E-state index is 4.33. The van der Waals surface area contributed by atoms with E-state index in [1.54, 1.807) is 0 Å². The molecule has 0 amide bonds. The van der Waals surface area contributed by atoms with E-state index in [4.69, 9.17) is 0 Å². The van der Waals surface area contributed by atoms with Crippen molar-refractivity contribution in [1.29, 1.82) is 0 Å². The Kier molecular flexibility index (Phi) is 5.71. The predicted molar refractivity (Wildman–Crippen MR) is 62.6 cm³/mol. The summed E-state index contributed by atoms with van der Waals surface area (Å²) >= 11 is 1.90. The fourth-order valence-corrected chi connectivity index (χ4v) is 1.68. The molecular weight excluding hydrogens is 194 g/mol. The van der Waals surface area contributed by atoms with Gasteiger partial charge in [0, 0.05) is 19.3 Å². The molecule has 0 aromatic carbocycles. The molecule has 1 rings (SSSR count). The maximum Gasteiger partial charge on any atom is 0.0949 e. The summed E-state index contributed by atoms with van der Waals surface area (Å²) in [6.45, 7) is 5.07. The van der Waals surface area contributed by atoms with Crippen molar-refractivity contribution in [3.05, 3.63) is 18.2 Å². The molecule has 0 aliphatic carbocycles. The zero-order valence-electron chi connectivity index (χ0n) is 8.99. The van der Waals surface area contributed by atoms with Crippen molar-refractivity contribution in [3.8, 4) is 0 Å². The van der Waals surface area contributed by atoms with E-state index in [1.165, 1.54) is 12.2 Å². The molecule has 1 aromatic rings. The number of rotatable bonds is 7. The van der Waals surface area contributed by atoms with Crippen LogP contribution in [0.1, 0.15) is 19.0 Å². The molecule has 0 saturated carbocycles. The van der Waals surface area contributed by atoms with E-state index in [0.717, 1.165) is 25.3 Å². The summed E-state index contributed by atoms with van der Waals surface area (Å²) in [4.78, 5) is 4.33. The summed E-state index contributed by atoms with van der Waals surface area (Å²) < 4.78 is 2.17. The van der Waals surface area contributed by atoms with Crippen LogP contribution in [0.2, 0.25) is 0 Å². The van der Waals surface area contributed by atoms with Crippen LogP contribution < -0.4 is 5.32 Å². The maximum absolute atomic E-state index is 4.33. The Hall–Kier alpha value is -0.480. The zero-order chi connectivity index (χ0) is 10.2. The molecule has 0 bridgehead atoms. The number of hydrogen-bond donors (Lipinski definition) is 1. The van der Waals surface area contributed by atoms with Gasteiger partial charge in [0.25, 0.3) is 0 Å². The van der Waals surface area contributed by atoms with Gasteiger partial charge in [-0.2, -0.15) is 11.8 Å². The Balaban J connectivity index is 2.27. The van der Waals surface area contributed by atoms with E-state index in [0.29, 0.717) is 0 Å². The molecule has 1 N–H and O–H groups in total. The smallest absolute Gasteiger partial charge is 0.0949 e. The first kappa shape index (κ1) is 11.6. The van der Waals surface area contributed by atoms with Crippen molar-refractivity contribution < 1.29 is 0 Å². The van der Waals surface area contributed by atoms with Gasteiger partial charge in [-0.1, -0.05) is 6.92 Å². The number of imidazole rings is 1. The predicted octanol–water partition coefficient (Wildman–Crippen LogP) is 1.75. The number of aromatic nitrogens is 2. The molecule has 0 aliphatic heterocycles. The average molecular weight is 213 g/mol. The lowest BCUT2D eigenvalue weighted by molar-refractivity contribution is 0.679. The van der Waals surface area contributed by atoms with Crippen LogP contribution in [0.15, 0.2) is 12.5 Å². The Labute approximate surface area is 90.3 Å². The van der Waals surface area contributed by atoms with Gasteiger partial charge in [0.2, 0.25) is 0 Å². The van der Waals surface area contributed by atoms with Crippen LogP contribution in [0.4, 0.5) is 0 Å². The van der Waals surface area contributed by atoms with Crippen molar-refractivity contribution in [2.24, 2.45) is 0 Å². The van der Waals surface area contributed by atoms with Crippen LogP contribution in [0.3, 0.4) is 0 Å². The summed E-state index contributed by atoms with van der Waals surface area (Å²) in [6, 6.07) is 0. The van der Waals surface area contributed by atoms with Crippen LogP contribution in [0, 0.1) is 0 Å². The topological polar surface area (TPSA) is 29.9 Å². The number of nitrogens with zero attached hydrogens (tertiary/aromatic N) is 2. The highest BCUT2D eigenvalue weighted by molar-refractivity contribution is 7.98. The van der Waals surface area contributed by atoms with Gasteiger partial charge in [-0.3, -0.25) is 0 Å². The summed E-state index contributed by atoms with van der Waals surface area (Å²) in [5, 5.41) is 3.27. The second-order valence-electron chi connectivity index (χ2n) is 3.23. The fourth-order valence-electron chi connectivity index (χ4n) is 1.26. The Morgan fingerprint density at radius 1 is 1.57 bits per heavy atom. The lowest BCUT2D eigenvalue weighted by atomic mass is 10.4. The summed E-state index contributed by atoms with van der Waals surface area (Å²) in [6.07, 6.45) is 7.42. The van der Waals surface area contributed by atoms with Crippen LogP contribution in [0.5, 0.6) is 0 Å². The second-order valence-corrected chi connectivity index (χ2v) is 4.22. The van der Waals surface area contributed by atoms with Crippen molar-refractivity contribution >= 4 is 11.8 Å². The number of thioether (sulfide) groups is 1. The van der Waals surface area contributed by atoms with Crippen LogP contribution in [-0.4, -0.2) is 28.1 Å². The normalized spacial score (nSPS) is 10.7. The Morgan fingerprint density at radius 2 is 2.43 bits per heavy atom. The molecule has 0 atom stereocenters. The standard InChI is InChI=1S/C10H19N3S/c1-3-11-7-10-8-13(9-12-10)5-4-6-14-2/h8-9,11H,3-7H2,1-2H3. The third-order valence-electron chi connectivity index (χ3n) is 2.01. The molecule has 0 saturated heterocycles. The SMILES string of the molecule is CCNCc1cn(CCCSC)cn1. The minimum absolute atomic E-state index is 0.881. The van der Waals surface area contributed by atoms with E-state index in [1.807, 2.05) is 18.1 Å². The zero-order valence-corrected chi connectivity index (χ0v) is 9.81. The molecule has 80 valence electrons. The average Bonchev–Trinajstić information content (AvgIpc) is 2.63. The van der Waals surface area contributed by atoms with Gasteiger partial charge in [0.1, 0.15) is 0 Å². The molecule has 1 aromatic heterocycles. The van der Waals surface area contributed by atoms with E-state index in [2.05, 4.69) is 34.2 Å². The molecule has 4 heteroatoms. The van der Waals surface area contributed by atoms with Gasteiger partial charge in [-0.15, -0.1) is 0 Å². The lowest BCUT2D eigenvalue weighted by Crippen LogP contribution is -2.11. The number of hydrogen-bond acceptors (Lipinski definition) is 3. The minimum Gasteiger partial charge on any atom is -0.337 e. The van der Waals surface area contributed by atoms with Gasteiger partial charge in [0.05, 0.1) is 12.0 Å². The van der Waals surface area contributed by atoms with E-state index >= 15 is 0 Å². The van der Waals surface area contributed by atoms with Gasteiger partial charge in [-0.05, 0) is 25.0 Å². The fraction of sp³-hybridized carbons (Fsp3) is 0.700. The highest BCUT2D eigenvalue weighted by Gasteiger charge is 1.97. The molecule has 14 heavy (non-hydrogen) atoms. The highest BCUT2D eigenvalue weighted by Crippen LogP contribution is 2.01. The first-order valence-corrected chi connectivity index (χ1v) is 6.46. The molecule has 0 spiro atoms. The van der Waals surface area contributed by atoms with Crippen LogP contribution in [-0.2, 0) is 13.1 Å². The van der Waals surface area contributed by atoms with E-state index in [9.17, 15) is 0 Å². The Morgan fingerprint density at radius 3 is 3.14 bits per heavy atom. The number of nitrogens with one attached hydrogen (secondary N) is 1. The van der Waals surface area contributed by atoms with Crippen molar-refractivity contribution in [1.82, 2.24) is 14.9 Å². The highest BCUT2D eigenvalue weighted by atomic mass is 32.2. The third-order valence-corrected chi connectivity index (χ3v) is 2.70. The molecule has 0 fully saturated rings. The van der Waals surface area contributed by atoms with Crippen molar-refractivity contribution in [3.63, 3.8) is 0 Å². The first-order valence-electron chi connectivity index (χ1n) is 5.07. The van der Waals surface area contributed by atoms with Crippen molar-refractivity contribution in [2.75, 3.05) is 18.6 Å². The molecule has 0 aliphatic rings. The van der Waals surface area contributed by atoms with Gasteiger partial charge < -0.3 is 9.88 Å². The third kappa shape index (κ3) is 4.15. The molecule has 0 radical (unpaired) electrons. The van der Waals surface area contributed by atoms with Crippen LogP contribution >= 0.6 is 11.8 Å². The minimum atomic E-state index is 0.881. The van der Waals surface area contributed by atoms with Gasteiger partial charge in [-0.25, -0.2) is 4.98 Å². The monoisotopic (exact) mass is 213 g/mol. The summed E-state index contributed by atoms with van der Waals surface area (Å²) in [5.41, 5.74) is 1.14. The van der Waals surface area contributed by atoms with E-state index in [-0.39, 0.29) is 0 Å². The summed E-state index contributed by atoms with van der Waals surface area (Å²) in [7, 11) is 0. The largest absolute Gasteiger partial charge is 0.337 e. The molecular formula is C10H19N3S. The van der Waals surface area contributed by atoms with Crippen molar-refractivity contribution in [2.45, 2.75) is 26.4 Å². The van der Waals surface area contributed by atoms with Gasteiger partial charge in [0.15, 0.2) is 0 Å². The summed E-state index contributed by atoms with van der Waals surface area (Å²) in [5.74, 6) is 1.22. The molecule has 0 unspecified atom stereocenters. The van der Waals surface area contributed by atoms with E-state index < -0.39 is 0 Å². The Bertz CT molecular complexity index is 247. The van der Waals surface area contributed by atoms with Gasteiger partial charge >= 0.3 is 0 Å². The molecule has 1 heterocycles. The quantitative estimate of drug-likeness (QED) is 0.700.